The highest BCUT2D eigenvalue weighted by Crippen LogP contribution is 2.27. The van der Waals surface area contributed by atoms with Crippen molar-refractivity contribution < 1.29 is 9.53 Å². The summed E-state index contributed by atoms with van der Waals surface area (Å²) in [7, 11) is 0. The van der Waals surface area contributed by atoms with Crippen molar-refractivity contribution in [1.29, 1.82) is 0 Å². The van der Waals surface area contributed by atoms with Crippen LogP contribution in [0, 0.1) is 0 Å². The quantitative estimate of drug-likeness (QED) is 0.757. The number of ether oxygens (including phenoxy) is 1. The first-order valence-corrected chi connectivity index (χ1v) is 10.2. The molecule has 1 aliphatic rings. The SMILES string of the molecule is CC(C)(CC(=O)NCC(c1cccc(Cl)c1)N1CCOCC1)c1ccccc1. The zero-order valence-electron chi connectivity index (χ0n) is 16.7. The Morgan fingerprint density at radius 3 is 2.54 bits per heavy atom. The van der Waals surface area contributed by atoms with E-state index < -0.39 is 0 Å². The maximum absolute atomic E-state index is 12.7. The van der Waals surface area contributed by atoms with Gasteiger partial charge in [0.1, 0.15) is 0 Å². The Bertz CT molecular complexity index is 773. The van der Waals surface area contributed by atoms with E-state index in [0.29, 0.717) is 31.2 Å². The predicted molar refractivity (Wildman–Crippen MR) is 114 cm³/mol. The molecule has 1 amide bonds. The average Bonchev–Trinajstić information content (AvgIpc) is 2.69. The Morgan fingerprint density at radius 1 is 1.14 bits per heavy atom. The smallest absolute Gasteiger partial charge is 0.220 e. The molecule has 1 unspecified atom stereocenters. The van der Waals surface area contributed by atoms with Gasteiger partial charge in [-0.25, -0.2) is 0 Å². The lowest BCUT2D eigenvalue weighted by Crippen LogP contribution is -2.44. The van der Waals surface area contributed by atoms with Gasteiger partial charge in [0.2, 0.25) is 5.91 Å². The van der Waals surface area contributed by atoms with Gasteiger partial charge in [0.15, 0.2) is 0 Å². The van der Waals surface area contributed by atoms with Gasteiger partial charge in [-0.05, 0) is 28.7 Å². The summed E-state index contributed by atoms with van der Waals surface area (Å²) in [5.41, 5.74) is 2.08. The fourth-order valence-electron chi connectivity index (χ4n) is 3.73. The van der Waals surface area contributed by atoms with Crippen LogP contribution in [0.25, 0.3) is 0 Å². The van der Waals surface area contributed by atoms with Crippen molar-refractivity contribution in [3.05, 3.63) is 70.7 Å². The number of halogens is 1. The van der Waals surface area contributed by atoms with Crippen LogP contribution >= 0.6 is 11.6 Å². The summed E-state index contributed by atoms with van der Waals surface area (Å²) in [6, 6.07) is 18.2. The number of hydrogen-bond donors (Lipinski definition) is 1. The summed E-state index contributed by atoms with van der Waals surface area (Å²) in [4.78, 5) is 15.1. The molecule has 0 saturated carbocycles. The van der Waals surface area contributed by atoms with Gasteiger partial charge < -0.3 is 10.1 Å². The molecule has 1 heterocycles. The molecule has 1 fully saturated rings. The van der Waals surface area contributed by atoms with Crippen LogP contribution < -0.4 is 5.32 Å². The highest BCUT2D eigenvalue weighted by molar-refractivity contribution is 6.30. The monoisotopic (exact) mass is 400 g/mol. The lowest BCUT2D eigenvalue weighted by atomic mass is 9.81. The number of carbonyl (C=O) groups is 1. The first kappa shape index (κ1) is 20.8. The third-order valence-electron chi connectivity index (χ3n) is 5.37. The van der Waals surface area contributed by atoms with Crippen LogP contribution in [0.2, 0.25) is 5.02 Å². The molecule has 0 aromatic heterocycles. The Labute approximate surface area is 172 Å². The first-order chi connectivity index (χ1) is 13.5. The number of amides is 1. The van der Waals surface area contributed by atoms with Crippen LogP contribution in [0.3, 0.4) is 0 Å². The van der Waals surface area contributed by atoms with Crippen LogP contribution in [0.1, 0.15) is 37.4 Å². The Balaban J connectivity index is 1.66. The molecule has 1 saturated heterocycles. The van der Waals surface area contributed by atoms with Crippen molar-refractivity contribution in [1.82, 2.24) is 10.2 Å². The van der Waals surface area contributed by atoms with Crippen molar-refractivity contribution >= 4 is 17.5 Å². The standard InChI is InChI=1S/C23H29ClN2O2/c1-23(2,19-8-4-3-5-9-19)16-22(27)25-17-21(26-11-13-28-14-12-26)18-7-6-10-20(24)15-18/h3-10,15,21H,11-14,16-17H2,1-2H3,(H,25,27). The van der Waals surface area contributed by atoms with Crippen molar-refractivity contribution in [2.45, 2.75) is 31.7 Å². The van der Waals surface area contributed by atoms with Gasteiger partial charge >= 0.3 is 0 Å². The van der Waals surface area contributed by atoms with E-state index in [1.807, 2.05) is 36.4 Å². The molecule has 1 atom stereocenters. The number of nitrogens with zero attached hydrogens (tertiary/aromatic N) is 1. The van der Waals surface area contributed by atoms with E-state index in [9.17, 15) is 4.79 Å². The molecular formula is C23H29ClN2O2. The molecule has 28 heavy (non-hydrogen) atoms. The third-order valence-corrected chi connectivity index (χ3v) is 5.61. The second kappa shape index (κ2) is 9.55. The van der Waals surface area contributed by atoms with E-state index >= 15 is 0 Å². The largest absolute Gasteiger partial charge is 0.379 e. The van der Waals surface area contributed by atoms with Gasteiger partial charge in [-0.2, -0.15) is 0 Å². The van der Waals surface area contributed by atoms with Crippen LogP contribution in [0.5, 0.6) is 0 Å². The Hall–Kier alpha value is -1.88. The zero-order chi connectivity index (χ0) is 20.0. The van der Waals surface area contributed by atoms with Crippen LogP contribution in [0.4, 0.5) is 0 Å². The van der Waals surface area contributed by atoms with Crippen LogP contribution in [0.15, 0.2) is 54.6 Å². The first-order valence-electron chi connectivity index (χ1n) is 9.85. The number of hydrogen-bond acceptors (Lipinski definition) is 3. The van der Waals surface area contributed by atoms with Crippen molar-refractivity contribution in [2.75, 3.05) is 32.8 Å². The highest BCUT2D eigenvalue weighted by atomic mass is 35.5. The van der Waals surface area contributed by atoms with Crippen molar-refractivity contribution in [3.8, 4) is 0 Å². The van der Waals surface area contributed by atoms with E-state index in [1.165, 1.54) is 5.56 Å². The summed E-state index contributed by atoms with van der Waals surface area (Å²) in [5.74, 6) is 0.0640. The fourth-order valence-corrected chi connectivity index (χ4v) is 3.93. The van der Waals surface area contributed by atoms with Crippen LogP contribution in [-0.4, -0.2) is 43.7 Å². The maximum Gasteiger partial charge on any atom is 0.220 e. The summed E-state index contributed by atoms with van der Waals surface area (Å²) in [5, 5.41) is 3.87. The second-order valence-electron chi connectivity index (χ2n) is 7.95. The molecule has 0 radical (unpaired) electrons. The minimum atomic E-state index is -0.212. The Kier molecular flexibility index (Phi) is 7.11. The zero-order valence-corrected chi connectivity index (χ0v) is 17.4. The molecule has 1 aliphatic heterocycles. The highest BCUT2D eigenvalue weighted by Gasteiger charge is 2.26. The minimum absolute atomic E-state index is 0.0640. The summed E-state index contributed by atoms with van der Waals surface area (Å²) in [6.45, 7) is 7.91. The third kappa shape index (κ3) is 5.57. The van der Waals surface area contributed by atoms with Gasteiger partial charge in [-0.15, -0.1) is 0 Å². The topological polar surface area (TPSA) is 41.6 Å². The number of carbonyl (C=O) groups excluding carboxylic acids is 1. The summed E-state index contributed by atoms with van der Waals surface area (Å²) >= 11 is 6.21. The molecular weight excluding hydrogens is 372 g/mol. The van der Waals surface area contributed by atoms with Crippen LogP contribution in [-0.2, 0) is 14.9 Å². The van der Waals surface area contributed by atoms with Gasteiger partial charge in [0.25, 0.3) is 0 Å². The van der Waals surface area contributed by atoms with E-state index in [0.717, 1.165) is 18.7 Å². The van der Waals surface area contributed by atoms with E-state index in [-0.39, 0.29) is 17.4 Å². The minimum Gasteiger partial charge on any atom is -0.379 e. The van der Waals surface area contributed by atoms with Crippen molar-refractivity contribution in [3.63, 3.8) is 0 Å². The summed E-state index contributed by atoms with van der Waals surface area (Å²) < 4.78 is 5.49. The molecule has 5 heteroatoms. The molecule has 150 valence electrons. The normalized spacial score (nSPS) is 16.5. The molecule has 0 bridgehead atoms. The van der Waals surface area contributed by atoms with Gasteiger partial charge in [-0.3, -0.25) is 9.69 Å². The average molecular weight is 401 g/mol. The molecule has 0 spiro atoms. The lowest BCUT2D eigenvalue weighted by Gasteiger charge is -2.35. The number of nitrogens with one attached hydrogen (secondary N) is 1. The van der Waals surface area contributed by atoms with Gasteiger partial charge in [0, 0.05) is 31.1 Å². The number of morpholine rings is 1. The Morgan fingerprint density at radius 2 is 1.86 bits per heavy atom. The number of benzene rings is 2. The van der Waals surface area contributed by atoms with Crippen molar-refractivity contribution in [2.24, 2.45) is 0 Å². The van der Waals surface area contributed by atoms with Gasteiger partial charge in [0.05, 0.1) is 19.3 Å². The number of rotatable bonds is 7. The lowest BCUT2D eigenvalue weighted by molar-refractivity contribution is -0.122. The predicted octanol–water partition coefficient (Wildman–Crippen LogP) is 4.20. The van der Waals surface area contributed by atoms with E-state index in [1.54, 1.807) is 0 Å². The van der Waals surface area contributed by atoms with E-state index in [4.69, 9.17) is 16.3 Å². The fraction of sp³-hybridized carbons (Fsp3) is 0.435. The molecule has 2 aromatic rings. The molecule has 2 aromatic carbocycles. The summed E-state index contributed by atoms with van der Waals surface area (Å²) in [6.07, 6.45) is 0.447. The van der Waals surface area contributed by atoms with E-state index in [2.05, 4.69) is 42.3 Å². The maximum atomic E-state index is 12.7. The van der Waals surface area contributed by atoms with Gasteiger partial charge in [-0.1, -0.05) is 67.9 Å². The molecule has 3 rings (SSSR count). The molecule has 1 N–H and O–H groups in total. The molecule has 4 nitrogen and oxygen atoms in total. The second-order valence-corrected chi connectivity index (χ2v) is 8.39. The molecule has 0 aliphatic carbocycles.